The average Bonchev–Trinajstić information content (AvgIpc) is 3.12. The Bertz CT molecular complexity index is 1340. The summed E-state index contributed by atoms with van der Waals surface area (Å²) in [6.07, 6.45) is 12.6. The number of rotatable bonds is 8. The molecule has 0 radical (unpaired) electrons. The zero-order chi connectivity index (χ0) is 28.1. The maximum absolute atomic E-state index is 12.2. The Balaban J connectivity index is 1.30. The number of esters is 1. The first-order valence-electron chi connectivity index (χ1n) is 13.8. The van der Waals surface area contributed by atoms with Gasteiger partial charge in [0.25, 0.3) is 0 Å². The van der Waals surface area contributed by atoms with Crippen LogP contribution in [-0.2, 0) is 19.9 Å². The maximum atomic E-state index is 12.2. The molecule has 3 heterocycles. The van der Waals surface area contributed by atoms with E-state index in [1.807, 2.05) is 54.6 Å². The Labute approximate surface area is 240 Å². The van der Waals surface area contributed by atoms with Gasteiger partial charge < -0.3 is 24.2 Å². The molecule has 2 aliphatic heterocycles. The van der Waals surface area contributed by atoms with Crippen molar-refractivity contribution in [3.63, 3.8) is 0 Å². The van der Waals surface area contributed by atoms with Gasteiger partial charge in [-0.1, -0.05) is 42.0 Å². The molecule has 210 valence electrons. The van der Waals surface area contributed by atoms with E-state index < -0.39 is 23.8 Å². The van der Waals surface area contributed by atoms with Gasteiger partial charge in [-0.3, -0.25) is 0 Å². The highest BCUT2D eigenvalue weighted by molar-refractivity contribution is 6.30. The Morgan fingerprint density at radius 1 is 1.27 bits per heavy atom. The van der Waals surface area contributed by atoms with Gasteiger partial charge in [-0.05, 0) is 80.7 Å². The van der Waals surface area contributed by atoms with Crippen molar-refractivity contribution >= 4 is 23.1 Å². The van der Waals surface area contributed by atoms with E-state index in [1.54, 1.807) is 20.0 Å². The fourth-order valence-corrected chi connectivity index (χ4v) is 5.42. The molecular weight excluding hydrogens is 528 g/mol. The van der Waals surface area contributed by atoms with Gasteiger partial charge in [0.2, 0.25) is 5.88 Å². The number of carbonyl (C=O) groups is 1. The maximum Gasteiger partial charge on any atom is 0.334 e. The van der Waals surface area contributed by atoms with Crippen LogP contribution < -0.4 is 4.74 Å². The smallest absolute Gasteiger partial charge is 0.334 e. The molecule has 1 N–H and O–H groups in total. The van der Waals surface area contributed by atoms with Crippen molar-refractivity contribution in [2.75, 3.05) is 26.2 Å². The summed E-state index contributed by atoms with van der Waals surface area (Å²) in [6, 6.07) is 11.4. The minimum atomic E-state index is -0.819. The van der Waals surface area contributed by atoms with Gasteiger partial charge >= 0.3 is 5.97 Å². The van der Waals surface area contributed by atoms with Crippen LogP contribution in [-0.4, -0.2) is 59.4 Å². The summed E-state index contributed by atoms with van der Waals surface area (Å²) in [4.78, 5) is 19.1. The van der Waals surface area contributed by atoms with Gasteiger partial charge in [0.1, 0.15) is 11.9 Å². The highest BCUT2D eigenvalue weighted by atomic mass is 35.5. The lowest BCUT2D eigenvalue weighted by Gasteiger charge is -2.38. The largest absolute Gasteiger partial charge is 0.464 e. The van der Waals surface area contributed by atoms with Crippen LogP contribution in [0.3, 0.4) is 0 Å². The predicted molar refractivity (Wildman–Crippen MR) is 155 cm³/mol. The van der Waals surface area contributed by atoms with Gasteiger partial charge in [-0.15, -0.1) is 0 Å². The van der Waals surface area contributed by atoms with Gasteiger partial charge in [0.15, 0.2) is 6.10 Å². The number of nitrogens with zero attached hydrogens (tertiary/aromatic N) is 2. The first-order chi connectivity index (χ1) is 19.4. The van der Waals surface area contributed by atoms with Gasteiger partial charge in [0, 0.05) is 42.0 Å². The number of likely N-dealkylation sites (tertiary alicyclic amines) is 1. The minimum Gasteiger partial charge on any atom is -0.464 e. The summed E-state index contributed by atoms with van der Waals surface area (Å²) in [7, 11) is 0. The summed E-state index contributed by atoms with van der Waals surface area (Å²) in [5.74, 6) is 0.779. The minimum absolute atomic E-state index is 0.301. The second-order valence-electron chi connectivity index (χ2n) is 10.3. The molecule has 2 atom stereocenters. The summed E-state index contributed by atoms with van der Waals surface area (Å²) < 4.78 is 17.5. The molecule has 1 saturated heterocycles. The van der Waals surface area contributed by atoms with E-state index in [1.165, 1.54) is 0 Å². The van der Waals surface area contributed by atoms with Crippen molar-refractivity contribution in [2.24, 2.45) is 0 Å². The lowest BCUT2D eigenvalue weighted by molar-refractivity contribution is -0.156. The van der Waals surface area contributed by atoms with Crippen LogP contribution in [0.4, 0.5) is 0 Å². The second-order valence-corrected chi connectivity index (χ2v) is 10.7. The SMILES string of the molecule is CCOC(=O)C(C)OC1C=CC=C2Oc3ncccc3C(=CCCN3CCC(O)(c4ccc(Cl)cc4)CC3)C=C21. The van der Waals surface area contributed by atoms with Crippen LogP contribution >= 0.6 is 11.6 Å². The highest BCUT2D eigenvalue weighted by Gasteiger charge is 2.34. The van der Waals surface area contributed by atoms with E-state index in [-0.39, 0.29) is 0 Å². The van der Waals surface area contributed by atoms with Crippen molar-refractivity contribution in [3.8, 4) is 5.88 Å². The fraction of sp³-hybridized carbons (Fsp3) is 0.375. The number of allylic oxidation sites excluding steroid dienone is 4. The van der Waals surface area contributed by atoms with Crippen LogP contribution in [0.1, 0.15) is 44.2 Å². The van der Waals surface area contributed by atoms with Crippen molar-refractivity contribution in [3.05, 3.63) is 100 Å². The van der Waals surface area contributed by atoms with E-state index in [4.69, 9.17) is 25.8 Å². The van der Waals surface area contributed by atoms with Crippen LogP contribution in [0, 0.1) is 0 Å². The number of benzene rings is 1. The number of fused-ring (bicyclic) bond motifs is 2. The summed E-state index contributed by atoms with van der Waals surface area (Å²) in [6.45, 7) is 6.26. The van der Waals surface area contributed by atoms with E-state index in [0.717, 1.165) is 48.3 Å². The molecular formula is C32H35ClN2O5. The molecule has 7 nitrogen and oxygen atoms in total. The number of halogens is 1. The van der Waals surface area contributed by atoms with Crippen LogP contribution in [0.25, 0.3) is 5.57 Å². The molecule has 1 aliphatic carbocycles. The number of hydrogen-bond donors (Lipinski definition) is 1. The molecule has 0 saturated carbocycles. The lowest BCUT2D eigenvalue weighted by atomic mass is 9.84. The standard InChI is InChI=1S/C32H35ClN2O5/c1-3-38-31(36)22(2)39-28-9-4-10-29-27(28)21-23(26-8-5-17-34-30(26)40-29)7-6-18-35-19-15-32(37,16-20-35)24-11-13-25(33)14-12-24/h4-5,7-14,17,21-22,28,37H,3,6,15-16,18-20H2,1-2H3. The molecule has 1 fully saturated rings. The topological polar surface area (TPSA) is 81.1 Å². The van der Waals surface area contributed by atoms with E-state index in [0.29, 0.717) is 36.1 Å². The molecule has 3 aliphatic rings. The van der Waals surface area contributed by atoms with Crippen molar-refractivity contribution < 1.29 is 24.1 Å². The third-order valence-corrected chi connectivity index (χ3v) is 7.82. The first kappa shape index (κ1) is 28.3. The predicted octanol–water partition coefficient (Wildman–Crippen LogP) is 5.60. The normalized spacial score (nSPS) is 21.8. The number of piperidine rings is 1. The number of aliphatic hydroxyl groups is 1. The zero-order valence-corrected chi connectivity index (χ0v) is 23.6. The van der Waals surface area contributed by atoms with Gasteiger partial charge in [-0.25, -0.2) is 9.78 Å². The zero-order valence-electron chi connectivity index (χ0n) is 22.9. The fourth-order valence-electron chi connectivity index (χ4n) is 5.29. The molecule has 2 unspecified atom stereocenters. The third kappa shape index (κ3) is 6.39. The molecule has 0 bridgehead atoms. The number of aromatic nitrogens is 1. The van der Waals surface area contributed by atoms with Crippen LogP contribution in [0.2, 0.25) is 5.02 Å². The third-order valence-electron chi connectivity index (χ3n) is 7.57. The molecule has 0 spiro atoms. The summed E-state index contributed by atoms with van der Waals surface area (Å²) >= 11 is 6.03. The molecule has 40 heavy (non-hydrogen) atoms. The quantitative estimate of drug-likeness (QED) is 0.419. The number of ether oxygens (including phenoxy) is 3. The average molecular weight is 563 g/mol. The molecule has 1 aromatic heterocycles. The molecule has 5 rings (SSSR count). The monoisotopic (exact) mass is 562 g/mol. The van der Waals surface area contributed by atoms with Gasteiger partial charge in [0.05, 0.1) is 12.2 Å². The molecule has 8 heteroatoms. The second kappa shape index (κ2) is 12.5. The Morgan fingerprint density at radius 3 is 2.80 bits per heavy atom. The Hall–Kier alpha value is -3.23. The van der Waals surface area contributed by atoms with E-state index in [9.17, 15) is 9.90 Å². The number of carbonyl (C=O) groups excluding carboxylic acids is 1. The number of hydrogen-bond acceptors (Lipinski definition) is 7. The van der Waals surface area contributed by atoms with E-state index in [2.05, 4.69) is 22.0 Å². The molecule has 2 aromatic rings. The molecule has 0 amide bonds. The lowest BCUT2D eigenvalue weighted by Crippen LogP contribution is -2.42. The number of pyridine rings is 1. The first-order valence-corrected chi connectivity index (χ1v) is 14.2. The summed E-state index contributed by atoms with van der Waals surface area (Å²) in [5, 5.41) is 11.9. The molecule has 1 aromatic carbocycles. The highest BCUT2D eigenvalue weighted by Crippen LogP contribution is 2.37. The van der Waals surface area contributed by atoms with Crippen LogP contribution in [0.15, 0.2) is 84.3 Å². The van der Waals surface area contributed by atoms with Crippen molar-refractivity contribution in [1.29, 1.82) is 0 Å². The Kier molecular flexibility index (Phi) is 8.86. The van der Waals surface area contributed by atoms with Crippen LogP contribution in [0.5, 0.6) is 5.88 Å². The summed E-state index contributed by atoms with van der Waals surface area (Å²) in [5.41, 5.74) is 2.82. The Morgan fingerprint density at radius 2 is 2.05 bits per heavy atom. The van der Waals surface area contributed by atoms with Gasteiger partial charge in [-0.2, -0.15) is 0 Å². The van der Waals surface area contributed by atoms with E-state index >= 15 is 0 Å². The van der Waals surface area contributed by atoms with Crippen molar-refractivity contribution in [2.45, 2.75) is 50.9 Å². The van der Waals surface area contributed by atoms with Crippen molar-refractivity contribution in [1.82, 2.24) is 9.88 Å².